The highest BCUT2D eigenvalue weighted by molar-refractivity contribution is 5.93. The van der Waals surface area contributed by atoms with Crippen LogP contribution in [0.1, 0.15) is 23.7 Å². The van der Waals surface area contributed by atoms with Crippen LogP contribution in [0, 0.1) is 0 Å². The van der Waals surface area contributed by atoms with Gasteiger partial charge in [-0.2, -0.15) is 0 Å². The fraction of sp³-hybridized carbons (Fsp3) is 0.438. The first-order chi connectivity index (χ1) is 10.6. The molecule has 0 aliphatic rings. The van der Waals surface area contributed by atoms with Gasteiger partial charge < -0.3 is 23.9 Å². The molecule has 0 unspecified atom stereocenters. The van der Waals surface area contributed by atoms with Gasteiger partial charge in [0.2, 0.25) is 0 Å². The van der Waals surface area contributed by atoms with Crippen molar-refractivity contribution in [1.29, 1.82) is 0 Å². The zero-order chi connectivity index (χ0) is 17.6. The molecule has 0 saturated carbocycles. The predicted molar refractivity (Wildman–Crippen MR) is 79.5 cm³/mol. The third kappa shape index (κ3) is 6.92. The molecule has 126 valence electrons. The highest BCUT2D eigenvalue weighted by Crippen LogP contribution is 2.20. The molecule has 1 aromatic rings. The number of esters is 2. The third-order valence-corrected chi connectivity index (χ3v) is 2.78. The van der Waals surface area contributed by atoms with E-state index in [4.69, 9.17) is 9.47 Å². The van der Waals surface area contributed by atoms with Crippen LogP contribution in [-0.4, -0.2) is 56.2 Å². The van der Waals surface area contributed by atoms with Gasteiger partial charge in [0.15, 0.2) is 6.10 Å². The highest BCUT2D eigenvalue weighted by Gasteiger charge is 2.24. The van der Waals surface area contributed by atoms with Crippen molar-refractivity contribution in [1.82, 2.24) is 0 Å². The molecule has 1 rings (SSSR count). The number of carbonyl (C=O) groups is 3. The molecule has 0 aromatic heterocycles. The number of carbonyl (C=O) groups excluding carboxylic acids is 3. The number of rotatable bonds is 7. The van der Waals surface area contributed by atoms with Crippen molar-refractivity contribution in [3.63, 3.8) is 0 Å². The van der Waals surface area contributed by atoms with Gasteiger partial charge in [0.1, 0.15) is 17.9 Å². The summed E-state index contributed by atoms with van der Waals surface area (Å²) in [5.41, 5.74) is 0.0625. The largest absolute Gasteiger partial charge is 0.550 e. The van der Waals surface area contributed by atoms with E-state index >= 15 is 0 Å². The maximum absolute atomic E-state index is 12.3. The van der Waals surface area contributed by atoms with Crippen molar-refractivity contribution in [2.45, 2.75) is 19.4 Å². The molecule has 0 bridgehead atoms. The summed E-state index contributed by atoms with van der Waals surface area (Å²) in [7, 11) is 5.55. The lowest BCUT2D eigenvalue weighted by atomic mass is 10.2. The van der Waals surface area contributed by atoms with E-state index in [1.165, 1.54) is 19.1 Å². The van der Waals surface area contributed by atoms with Gasteiger partial charge in [0, 0.05) is 19.3 Å². The number of likely N-dealkylation sites (N-methyl/N-ethyl adjacent to an activating group) is 1. The van der Waals surface area contributed by atoms with Crippen molar-refractivity contribution < 1.29 is 33.4 Å². The molecule has 0 saturated heterocycles. The Kier molecular flexibility index (Phi) is 6.27. The number of nitrogens with zero attached hydrogens (tertiary/aromatic N) is 1. The minimum absolute atomic E-state index is 0.0625. The van der Waals surface area contributed by atoms with Crippen LogP contribution < -0.4 is 9.84 Å². The summed E-state index contributed by atoms with van der Waals surface area (Å²) >= 11 is 0. The quantitative estimate of drug-likeness (QED) is 0.398. The van der Waals surface area contributed by atoms with Crippen LogP contribution >= 0.6 is 0 Å². The molecule has 23 heavy (non-hydrogen) atoms. The van der Waals surface area contributed by atoms with E-state index in [0.29, 0.717) is 11.0 Å². The number of ether oxygens (including phenoxy) is 2. The van der Waals surface area contributed by atoms with Crippen LogP contribution in [-0.2, 0) is 14.3 Å². The summed E-state index contributed by atoms with van der Waals surface area (Å²) in [5, 5.41) is 10.8. The Morgan fingerprint density at radius 2 is 1.78 bits per heavy atom. The van der Waals surface area contributed by atoms with Gasteiger partial charge in [-0.15, -0.1) is 0 Å². The summed E-state index contributed by atoms with van der Waals surface area (Å²) in [5.74, 6) is -2.54. The molecular formula is C16H21NO6. The molecule has 0 fully saturated rings. The number of quaternary nitrogens is 1. The van der Waals surface area contributed by atoms with Crippen LogP contribution in [0.15, 0.2) is 24.3 Å². The topological polar surface area (TPSA) is 92.7 Å². The Morgan fingerprint density at radius 1 is 1.17 bits per heavy atom. The van der Waals surface area contributed by atoms with E-state index in [1.807, 2.05) is 21.1 Å². The number of hydrogen-bond acceptors (Lipinski definition) is 6. The number of aliphatic carboxylic acids is 1. The molecular weight excluding hydrogens is 302 g/mol. The molecule has 0 aliphatic heterocycles. The molecule has 7 heteroatoms. The first-order valence-corrected chi connectivity index (χ1v) is 7.07. The Hall–Kier alpha value is -2.41. The van der Waals surface area contributed by atoms with E-state index in [0.717, 1.165) is 0 Å². The van der Waals surface area contributed by atoms with Gasteiger partial charge in [-0.1, -0.05) is 12.1 Å². The second-order valence-electron chi connectivity index (χ2n) is 6.17. The lowest BCUT2D eigenvalue weighted by Gasteiger charge is -2.29. The number of carboxylic acid groups (broad SMARTS) is 1. The maximum atomic E-state index is 12.3. The van der Waals surface area contributed by atoms with Crippen LogP contribution in [0.4, 0.5) is 0 Å². The number of carboxylic acids is 1. The van der Waals surface area contributed by atoms with Crippen molar-refractivity contribution in [2.75, 3.05) is 27.7 Å². The number of benzene rings is 1. The standard InChI is InChI=1S/C16H21NO6/c1-11(18)22-14-8-6-5-7-13(14)16(21)23-12(9-15(19)20)10-17(2,3)4/h5-8,12H,9-10H2,1-4H3/t12-/m1/s1. The fourth-order valence-corrected chi connectivity index (χ4v) is 2.03. The van der Waals surface area contributed by atoms with E-state index < -0.39 is 30.4 Å². The lowest BCUT2D eigenvalue weighted by molar-refractivity contribution is -0.873. The Bertz CT molecular complexity index is 590. The summed E-state index contributed by atoms with van der Waals surface area (Å²) in [4.78, 5) is 34.2. The minimum atomic E-state index is -1.30. The van der Waals surface area contributed by atoms with Gasteiger partial charge in [0.25, 0.3) is 0 Å². The van der Waals surface area contributed by atoms with Crippen molar-refractivity contribution in [3.05, 3.63) is 29.8 Å². The summed E-state index contributed by atoms with van der Waals surface area (Å²) in [6.45, 7) is 1.52. The first-order valence-electron chi connectivity index (χ1n) is 7.07. The Labute approximate surface area is 135 Å². The normalized spacial score (nSPS) is 12.3. The second kappa shape index (κ2) is 7.73. The summed E-state index contributed by atoms with van der Waals surface area (Å²) < 4.78 is 10.7. The van der Waals surface area contributed by atoms with Crippen LogP contribution in [0.2, 0.25) is 0 Å². The second-order valence-corrected chi connectivity index (χ2v) is 6.17. The molecule has 7 nitrogen and oxygen atoms in total. The van der Waals surface area contributed by atoms with Crippen LogP contribution in [0.5, 0.6) is 5.75 Å². The summed E-state index contributed by atoms with van der Waals surface area (Å²) in [6.07, 6.45) is -1.25. The SMILES string of the molecule is CC(=O)Oc1ccccc1C(=O)O[C@H](CC(=O)[O-])C[N+](C)(C)C. The van der Waals surface area contributed by atoms with Crippen molar-refractivity contribution >= 4 is 17.9 Å². The van der Waals surface area contributed by atoms with E-state index in [-0.39, 0.29) is 11.3 Å². The van der Waals surface area contributed by atoms with E-state index in [9.17, 15) is 19.5 Å². The molecule has 0 amide bonds. The number of hydrogen-bond donors (Lipinski definition) is 0. The molecule has 0 aliphatic carbocycles. The highest BCUT2D eigenvalue weighted by atomic mass is 16.6. The smallest absolute Gasteiger partial charge is 0.342 e. The average Bonchev–Trinajstić information content (AvgIpc) is 2.35. The van der Waals surface area contributed by atoms with E-state index in [1.54, 1.807) is 12.1 Å². The zero-order valence-electron chi connectivity index (χ0n) is 13.7. The van der Waals surface area contributed by atoms with E-state index in [2.05, 4.69) is 0 Å². The Balaban J connectivity index is 2.94. The first kappa shape index (κ1) is 18.6. The molecule has 0 spiro atoms. The molecule has 0 heterocycles. The third-order valence-electron chi connectivity index (χ3n) is 2.78. The van der Waals surface area contributed by atoms with Gasteiger partial charge in [-0.25, -0.2) is 4.79 Å². The molecule has 1 aromatic carbocycles. The zero-order valence-corrected chi connectivity index (χ0v) is 13.7. The van der Waals surface area contributed by atoms with Crippen LogP contribution in [0.25, 0.3) is 0 Å². The maximum Gasteiger partial charge on any atom is 0.342 e. The lowest BCUT2D eigenvalue weighted by Crippen LogP contribution is -2.45. The molecule has 0 radical (unpaired) electrons. The predicted octanol–water partition coefficient (Wildman–Crippen LogP) is -0.0165. The van der Waals surface area contributed by atoms with Gasteiger partial charge >= 0.3 is 11.9 Å². The van der Waals surface area contributed by atoms with Gasteiger partial charge in [-0.3, -0.25) is 4.79 Å². The Morgan fingerprint density at radius 3 is 2.30 bits per heavy atom. The minimum Gasteiger partial charge on any atom is -0.550 e. The van der Waals surface area contributed by atoms with Gasteiger partial charge in [0.05, 0.1) is 21.1 Å². The van der Waals surface area contributed by atoms with Gasteiger partial charge in [-0.05, 0) is 12.1 Å². The molecule has 1 atom stereocenters. The van der Waals surface area contributed by atoms with Crippen molar-refractivity contribution in [2.24, 2.45) is 0 Å². The number of para-hydroxylation sites is 1. The fourth-order valence-electron chi connectivity index (χ4n) is 2.03. The molecule has 0 N–H and O–H groups in total. The van der Waals surface area contributed by atoms with Crippen LogP contribution in [0.3, 0.4) is 0 Å². The average molecular weight is 323 g/mol. The monoisotopic (exact) mass is 323 g/mol. The van der Waals surface area contributed by atoms with Crippen molar-refractivity contribution in [3.8, 4) is 5.75 Å². The summed E-state index contributed by atoms with van der Waals surface area (Å²) in [6, 6.07) is 6.12.